The summed E-state index contributed by atoms with van der Waals surface area (Å²) in [5, 5.41) is 23.5. The number of benzene rings is 2. The van der Waals surface area contributed by atoms with Crippen LogP contribution < -0.4 is 5.32 Å². The molecule has 1 N–H and O–H groups in total. The van der Waals surface area contributed by atoms with Gasteiger partial charge in [-0.1, -0.05) is 36.4 Å². The quantitative estimate of drug-likeness (QED) is 0.325. The van der Waals surface area contributed by atoms with Crippen LogP contribution in [0.4, 0.5) is 11.4 Å². The lowest BCUT2D eigenvalue weighted by Crippen LogP contribution is -2.22. The number of anilines is 1. The Bertz CT molecular complexity index is 1180. The van der Waals surface area contributed by atoms with Crippen LogP contribution in [0.3, 0.4) is 0 Å². The van der Waals surface area contributed by atoms with Crippen molar-refractivity contribution in [1.82, 2.24) is 4.57 Å². The second-order valence-corrected chi connectivity index (χ2v) is 6.77. The molecule has 0 spiro atoms. The van der Waals surface area contributed by atoms with Crippen LogP contribution in [0.25, 0.3) is 0 Å². The summed E-state index contributed by atoms with van der Waals surface area (Å²) >= 11 is 0. The first-order valence-electron chi connectivity index (χ1n) is 9.82. The summed E-state index contributed by atoms with van der Waals surface area (Å²) < 4.78 is 6.64. The van der Waals surface area contributed by atoms with Gasteiger partial charge in [0.05, 0.1) is 29.6 Å². The van der Waals surface area contributed by atoms with E-state index in [0.29, 0.717) is 5.69 Å². The van der Waals surface area contributed by atoms with Gasteiger partial charge >= 0.3 is 5.97 Å². The third-order valence-corrected chi connectivity index (χ3v) is 4.79. The topological polar surface area (TPSA) is 127 Å². The standard InChI is InChI=1S/C23H20N4O5/c1-2-32-23(29)18-11-6-12-19(27(30)31)22(18)25-21(28)14-20(16-8-4-3-5-9-16)26-13-7-10-17(26)15-24/h3-13,20H,2,14H2,1H3,(H,25,28). The fraction of sp³-hybridized carbons (Fsp3) is 0.174. The van der Waals surface area contributed by atoms with E-state index in [4.69, 9.17) is 4.74 Å². The molecule has 0 aliphatic heterocycles. The maximum atomic E-state index is 13.0. The molecule has 0 bridgehead atoms. The van der Waals surface area contributed by atoms with Gasteiger partial charge in [0, 0.05) is 12.3 Å². The highest BCUT2D eigenvalue weighted by molar-refractivity contribution is 6.04. The number of para-hydroxylation sites is 1. The van der Waals surface area contributed by atoms with Crippen LogP contribution in [0.5, 0.6) is 0 Å². The highest BCUT2D eigenvalue weighted by Gasteiger charge is 2.26. The van der Waals surface area contributed by atoms with Crippen LogP contribution in [0.2, 0.25) is 0 Å². The Kier molecular flexibility index (Phi) is 6.98. The second-order valence-electron chi connectivity index (χ2n) is 6.77. The number of hydrogen-bond acceptors (Lipinski definition) is 6. The first kappa shape index (κ1) is 22.2. The minimum atomic E-state index is -0.775. The number of aromatic nitrogens is 1. The Morgan fingerprint density at radius 3 is 2.56 bits per heavy atom. The number of ether oxygens (including phenoxy) is 1. The number of nitro groups is 1. The summed E-state index contributed by atoms with van der Waals surface area (Å²) in [4.78, 5) is 36.2. The van der Waals surface area contributed by atoms with Gasteiger partial charge in [-0.05, 0) is 30.7 Å². The van der Waals surface area contributed by atoms with Gasteiger partial charge in [-0.25, -0.2) is 4.79 Å². The lowest BCUT2D eigenvalue weighted by molar-refractivity contribution is -0.384. The van der Waals surface area contributed by atoms with Crippen molar-refractivity contribution in [2.75, 3.05) is 11.9 Å². The smallest absolute Gasteiger partial charge is 0.340 e. The molecule has 32 heavy (non-hydrogen) atoms. The molecule has 0 fully saturated rings. The van der Waals surface area contributed by atoms with Gasteiger partial charge in [0.1, 0.15) is 17.5 Å². The molecule has 1 heterocycles. The van der Waals surface area contributed by atoms with Crippen molar-refractivity contribution in [3.8, 4) is 6.07 Å². The molecule has 0 aliphatic rings. The fourth-order valence-electron chi connectivity index (χ4n) is 3.38. The summed E-state index contributed by atoms with van der Waals surface area (Å²) in [6, 6.07) is 17.9. The molecule has 1 amide bonds. The SMILES string of the molecule is CCOC(=O)c1cccc([N+](=O)[O-])c1NC(=O)CC(c1ccccc1)n1cccc1C#N. The monoisotopic (exact) mass is 432 g/mol. The van der Waals surface area contributed by atoms with E-state index in [-0.39, 0.29) is 24.3 Å². The van der Waals surface area contributed by atoms with Crippen LogP contribution in [0.15, 0.2) is 66.9 Å². The number of rotatable bonds is 8. The van der Waals surface area contributed by atoms with Crippen LogP contribution in [0.1, 0.15) is 41.0 Å². The number of nitrogens with zero attached hydrogens (tertiary/aromatic N) is 3. The van der Waals surface area contributed by atoms with E-state index in [1.807, 2.05) is 30.3 Å². The molecule has 1 aromatic heterocycles. The predicted octanol–water partition coefficient (Wildman–Crippen LogP) is 4.06. The molecule has 162 valence electrons. The van der Waals surface area contributed by atoms with E-state index in [1.54, 1.807) is 29.8 Å². The number of amides is 1. The van der Waals surface area contributed by atoms with E-state index < -0.39 is 28.5 Å². The number of nitrogens with one attached hydrogen (secondary N) is 1. The van der Waals surface area contributed by atoms with Crippen molar-refractivity contribution < 1.29 is 19.2 Å². The van der Waals surface area contributed by atoms with Crippen molar-refractivity contribution in [2.45, 2.75) is 19.4 Å². The van der Waals surface area contributed by atoms with Crippen LogP contribution >= 0.6 is 0 Å². The van der Waals surface area contributed by atoms with Gasteiger partial charge < -0.3 is 14.6 Å². The normalized spacial score (nSPS) is 11.2. The van der Waals surface area contributed by atoms with Crippen LogP contribution in [-0.2, 0) is 9.53 Å². The van der Waals surface area contributed by atoms with Gasteiger partial charge in [0.25, 0.3) is 5.69 Å². The van der Waals surface area contributed by atoms with Crippen molar-refractivity contribution in [2.24, 2.45) is 0 Å². The Morgan fingerprint density at radius 2 is 1.91 bits per heavy atom. The van der Waals surface area contributed by atoms with Crippen molar-refractivity contribution in [3.63, 3.8) is 0 Å². The van der Waals surface area contributed by atoms with Gasteiger partial charge in [0.2, 0.25) is 5.91 Å². The van der Waals surface area contributed by atoms with Crippen molar-refractivity contribution in [1.29, 1.82) is 5.26 Å². The number of carbonyl (C=O) groups is 2. The highest BCUT2D eigenvalue weighted by atomic mass is 16.6. The number of esters is 1. The van der Waals surface area contributed by atoms with Crippen LogP contribution in [-0.4, -0.2) is 28.0 Å². The van der Waals surface area contributed by atoms with E-state index >= 15 is 0 Å². The minimum absolute atomic E-state index is 0.0789. The lowest BCUT2D eigenvalue weighted by Gasteiger charge is -2.20. The summed E-state index contributed by atoms with van der Waals surface area (Å²) in [6.07, 6.45) is 1.57. The summed E-state index contributed by atoms with van der Waals surface area (Å²) in [5.41, 5.74) is 0.400. The Morgan fingerprint density at radius 1 is 1.16 bits per heavy atom. The maximum Gasteiger partial charge on any atom is 0.340 e. The minimum Gasteiger partial charge on any atom is -0.462 e. The highest BCUT2D eigenvalue weighted by Crippen LogP contribution is 2.31. The van der Waals surface area contributed by atoms with E-state index in [1.165, 1.54) is 18.2 Å². The number of nitriles is 1. The zero-order valence-corrected chi connectivity index (χ0v) is 17.2. The molecule has 0 aliphatic carbocycles. The zero-order valence-electron chi connectivity index (χ0n) is 17.2. The van der Waals surface area contributed by atoms with Crippen molar-refractivity contribution in [3.05, 3.63) is 93.8 Å². The largest absolute Gasteiger partial charge is 0.462 e. The number of carbonyl (C=O) groups excluding carboxylic acids is 2. The molecule has 1 atom stereocenters. The Labute approximate surface area is 184 Å². The van der Waals surface area contributed by atoms with Crippen molar-refractivity contribution >= 4 is 23.3 Å². The number of hydrogen-bond donors (Lipinski definition) is 1. The fourth-order valence-corrected chi connectivity index (χ4v) is 3.38. The van der Waals surface area contributed by atoms with E-state index in [2.05, 4.69) is 11.4 Å². The van der Waals surface area contributed by atoms with Gasteiger partial charge in [-0.3, -0.25) is 14.9 Å². The molecular weight excluding hydrogens is 412 g/mol. The number of nitro benzene ring substituents is 1. The molecule has 9 heteroatoms. The molecule has 9 nitrogen and oxygen atoms in total. The molecule has 2 aromatic carbocycles. The average Bonchev–Trinajstić information content (AvgIpc) is 3.26. The Balaban J connectivity index is 1.96. The van der Waals surface area contributed by atoms with Gasteiger partial charge in [0.15, 0.2) is 0 Å². The van der Waals surface area contributed by atoms with Crippen LogP contribution in [0, 0.1) is 21.4 Å². The zero-order chi connectivity index (χ0) is 23.1. The summed E-state index contributed by atoms with van der Waals surface area (Å²) in [5.74, 6) is -1.33. The lowest BCUT2D eigenvalue weighted by atomic mass is 10.0. The first-order chi connectivity index (χ1) is 15.5. The molecule has 0 saturated heterocycles. The maximum absolute atomic E-state index is 13.0. The third kappa shape index (κ3) is 4.82. The predicted molar refractivity (Wildman–Crippen MR) is 116 cm³/mol. The molecule has 3 aromatic rings. The molecule has 0 radical (unpaired) electrons. The molecule has 0 saturated carbocycles. The second kappa shape index (κ2) is 10.0. The van der Waals surface area contributed by atoms with E-state index in [9.17, 15) is 25.0 Å². The summed E-state index contributed by atoms with van der Waals surface area (Å²) in [6.45, 7) is 1.69. The average molecular weight is 432 g/mol. The Hall–Kier alpha value is -4.45. The first-order valence-corrected chi connectivity index (χ1v) is 9.82. The van der Waals surface area contributed by atoms with E-state index in [0.717, 1.165) is 5.56 Å². The molecule has 3 rings (SSSR count). The van der Waals surface area contributed by atoms with Gasteiger partial charge in [-0.2, -0.15) is 5.26 Å². The van der Waals surface area contributed by atoms with Gasteiger partial charge in [-0.15, -0.1) is 0 Å². The summed E-state index contributed by atoms with van der Waals surface area (Å²) in [7, 11) is 0. The third-order valence-electron chi connectivity index (χ3n) is 4.79. The molecule has 1 unspecified atom stereocenters. The molecular formula is C23H20N4O5.